The van der Waals surface area contributed by atoms with Crippen LogP contribution in [0.5, 0.6) is 0 Å². The van der Waals surface area contributed by atoms with Crippen molar-refractivity contribution in [3.05, 3.63) is 11.6 Å². The van der Waals surface area contributed by atoms with E-state index in [1.54, 1.807) is 0 Å². The molecular formula is C11H20N4O2. The second-order valence-corrected chi connectivity index (χ2v) is 4.28. The second-order valence-electron chi connectivity index (χ2n) is 4.28. The van der Waals surface area contributed by atoms with Crippen molar-refractivity contribution < 1.29 is 9.90 Å². The molecule has 96 valence electrons. The maximum Gasteiger partial charge on any atom is 0.317 e. The van der Waals surface area contributed by atoms with E-state index < -0.39 is 5.97 Å². The van der Waals surface area contributed by atoms with Gasteiger partial charge in [0.2, 0.25) is 0 Å². The summed E-state index contributed by atoms with van der Waals surface area (Å²) in [5.41, 5.74) is 0. The van der Waals surface area contributed by atoms with Crippen molar-refractivity contribution in [3.63, 3.8) is 0 Å². The maximum atomic E-state index is 10.8. The molecule has 0 saturated heterocycles. The largest absolute Gasteiger partial charge is 0.480 e. The highest BCUT2D eigenvalue weighted by Gasteiger charge is 2.18. The van der Waals surface area contributed by atoms with Gasteiger partial charge in [-0.05, 0) is 20.3 Å². The van der Waals surface area contributed by atoms with Crippen LogP contribution in [-0.4, -0.2) is 43.3 Å². The van der Waals surface area contributed by atoms with Gasteiger partial charge in [-0.25, -0.2) is 0 Å². The number of carbonyl (C=O) groups is 1. The van der Waals surface area contributed by atoms with Gasteiger partial charge in [0.25, 0.3) is 0 Å². The second kappa shape index (κ2) is 5.77. The summed E-state index contributed by atoms with van der Waals surface area (Å²) >= 11 is 0. The van der Waals surface area contributed by atoms with Crippen molar-refractivity contribution in [3.8, 4) is 0 Å². The summed E-state index contributed by atoms with van der Waals surface area (Å²) in [6.45, 7) is 6.48. The normalized spacial score (nSPS) is 13.0. The Morgan fingerprint density at radius 2 is 2.18 bits per heavy atom. The van der Waals surface area contributed by atoms with Crippen molar-refractivity contribution in [1.29, 1.82) is 0 Å². The number of aliphatic carboxylic acids is 1. The molecule has 0 aliphatic carbocycles. The minimum Gasteiger partial charge on any atom is -0.480 e. The molecular weight excluding hydrogens is 220 g/mol. The number of hydrogen-bond donors (Lipinski definition) is 1. The molecule has 6 heteroatoms. The molecule has 0 aliphatic heterocycles. The molecule has 1 rings (SSSR count). The average Bonchev–Trinajstić information content (AvgIpc) is 2.58. The van der Waals surface area contributed by atoms with Crippen LogP contribution in [0.25, 0.3) is 0 Å². The Morgan fingerprint density at radius 1 is 1.53 bits per heavy atom. The van der Waals surface area contributed by atoms with E-state index in [0.717, 1.165) is 18.1 Å². The van der Waals surface area contributed by atoms with Crippen molar-refractivity contribution in [2.24, 2.45) is 7.05 Å². The van der Waals surface area contributed by atoms with Gasteiger partial charge in [-0.2, -0.15) is 0 Å². The van der Waals surface area contributed by atoms with Crippen molar-refractivity contribution >= 4 is 5.97 Å². The lowest BCUT2D eigenvalue weighted by Gasteiger charge is -2.25. The third-order valence-electron chi connectivity index (χ3n) is 3.08. The third-order valence-corrected chi connectivity index (χ3v) is 3.08. The monoisotopic (exact) mass is 240 g/mol. The quantitative estimate of drug-likeness (QED) is 0.796. The van der Waals surface area contributed by atoms with E-state index in [2.05, 4.69) is 10.2 Å². The zero-order valence-corrected chi connectivity index (χ0v) is 10.8. The minimum absolute atomic E-state index is 0.0287. The van der Waals surface area contributed by atoms with Crippen LogP contribution >= 0.6 is 0 Å². The summed E-state index contributed by atoms with van der Waals surface area (Å²) in [4.78, 5) is 12.7. The van der Waals surface area contributed by atoms with Crippen LogP contribution in [0.2, 0.25) is 0 Å². The first-order valence-electron chi connectivity index (χ1n) is 5.76. The molecule has 0 fully saturated rings. The molecule has 1 atom stereocenters. The van der Waals surface area contributed by atoms with Crippen LogP contribution < -0.4 is 0 Å². The molecule has 0 radical (unpaired) electrons. The van der Waals surface area contributed by atoms with Gasteiger partial charge in [-0.15, -0.1) is 10.2 Å². The molecule has 0 saturated carbocycles. The lowest BCUT2D eigenvalue weighted by atomic mass is 10.2. The molecule has 0 bridgehead atoms. The summed E-state index contributed by atoms with van der Waals surface area (Å²) in [6.07, 6.45) is 0.907. The van der Waals surface area contributed by atoms with Gasteiger partial charge >= 0.3 is 5.97 Å². The summed E-state index contributed by atoms with van der Waals surface area (Å²) in [7, 11) is 1.89. The van der Waals surface area contributed by atoms with Crippen LogP contribution in [0, 0.1) is 6.92 Å². The molecule has 0 aromatic carbocycles. The van der Waals surface area contributed by atoms with Gasteiger partial charge in [0.1, 0.15) is 11.6 Å². The lowest BCUT2D eigenvalue weighted by Crippen LogP contribution is -2.37. The Hall–Kier alpha value is -1.43. The number of aryl methyl sites for hydroxylation is 1. The van der Waals surface area contributed by atoms with E-state index in [1.807, 2.05) is 37.3 Å². The predicted octanol–water partition coefficient (Wildman–Crippen LogP) is 0.809. The highest BCUT2D eigenvalue weighted by atomic mass is 16.4. The van der Waals surface area contributed by atoms with E-state index in [4.69, 9.17) is 5.11 Å². The number of hydrogen-bond acceptors (Lipinski definition) is 4. The lowest BCUT2D eigenvalue weighted by molar-refractivity contribution is -0.139. The molecule has 1 N–H and O–H groups in total. The Balaban J connectivity index is 2.78. The first kappa shape index (κ1) is 13.6. The van der Waals surface area contributed by atoms with Gasteiger partial charge < -0.3 is 9.67 Å². The maximum absolute atomic E-state index is 10.8. The number of carboxylic acids is 1. The van der Waals surface area contributed by atoms with Gasteiger partial charge in [0.15, 0.2) is 0 Å². The highest BCUT2D eigenvalue weighted by molar-refractivity contribution is 5.69. The Bertz CT molecular complexity index is 389. The minimum atomic E-state index is -0.816. The van der Waals surface area contributed by atoms with E-state index >= 15 is 0 Å². The van der Waals surface area contributed by atoms with E-state index in [9.17, 15) is 4.79 Å². The fraction of sp³-hybridized carbons (Fsp3) is 0.727. The van der Waals surface area contributed by atoms with Gasteiger partial charge in [0.05, 0.1) is 13.1 Å². The summed E-state index contributed by atoms with van der Waals surface area (Å²) in [5, 5.41) is 16.9. The molecule has 6 nitrogen and oxygen atoms in total. The number of carboxylic acid groups (broad SMARTS) is 1. The standard InChI is InChI=1S/C11H20N4O2/c1-5-8(2)15(7-11(16)17)6-10-13-12-9(3)14(10)4/h8H,5-7H2,1-4H3,(H,16,17). The number of nitrogens with zero attached hydrogens (tertiary/aromatic N) is 4. The molecule has 1 aromatic heterocycles. The van der Waals surface area contributed by atoms with E-state index in [-0.39, 0.29) is 12.6 Å². The summed E-state index contributed by atoms with van der Waals surface area (Å²) < 4.78 is 1.89. The van der Waals surface area contributed by atoms with Crippen molar-refractivity contribution in [2.45, 2.75) is 39.8 Å². The van der Waals surface area contributed by atoms with Crippen molar-refractivity contribution in [2.75, 3.05) is 6.54 Å². The Labute approximate surface area is 101 Å². The van der Waals surface area contributed by atoms with Crippen LogP contribution in [0.1, 0.15) is 31.9 Å². The average molecular weight is 240 g/mol. The number of rotatable bonds is 6. The molecule has 0 aliphatic rings. The molecule has 17 heavy (non-hydrogen) atoms. The highest BCUT2D eigenvalue weighted by Crippen LogP contribution is 2.09. The molecule has 1 aromatic rings. The number of aromatic nitrogens is 3. The zero-order chi connectivity index (χ0) is 13.0. The third kappa shape index (κ3) is 3.52. The summed E-state index contributed by atoms with van der Waals surface area (Å²) in [5.74, 6) is 0.813. The van der Waals surface area contributed by atoms with Crippen molar-refractivity contribution in [1.82, 2.24) is 19.7 Å². The first-order valence-corrected chi connectivity index (χ1v) is 5.76. The molecule has 0 amide bonds. The fourth-order valence-electron chi connectivity index (χ4n) is 1.57. The predicted molar refractivity (Wildman–Crippen MR) is 63.5 cm³/mol. The Kier molecular flexibility index (Phi) is 4.62. The summed E-state index contributed by atoms with van der Waals surface area (Å²) in [6, 6.07) is 0.211. The van der Waals surface area contributed by atoms with Crippen LogP contribution in [0.4, 0.5) is 0 Å². The SMILES string of the molecule is CCC(C)N(CC(=O)O)Cc1nnc(C)n1C. The van der Waals surface area contributed by atoms with Gasteiger partial charge in [-0.1, -0.05) is 6.92 Å². The van der Waals surface area contributed by atoms with Crippen LogP contribution in [0.15, 0.2) is 0 Å². The molecule has 0 spiro atoms. The zero-order valence-electron chi connectivity index (χ0n) is 10.8. The van der Waals surface area contributed by atoms with E-state index in [1.165, 1.54) is 0 Å². The van der Waals surface area contributed by atoms with Gasteiger partial charge in [-0.3, -0.25) is 9.69 Å². The van der Waals surface area contributed by atoms with Crippen LogP contribution in [0.3, 0.4) is 0 Å². The van der Waals surface area contributed by atoms with Crippen LogP contribution in [-0.2, 0) is 18.4 Å². The Morgan fingerprint density at radius 3 is 2.59 bits per heavy atom. The smallest absolute Gasteiger partial charge is 0.317 e. The molecule has 1 unspecified atom stereocenters. The van der Waals surface area contributed by atoms with E-state index in [0.29, 0.717) is 6.54 Å². The van der Waals surface area contributed by atoms with Gasteiger partial charge in [0, 0.05) is 13.1 Å². The molecule has 1 heterocycles. The first-order chi connectivity index (χ1) is 7.95. The topological polar surface area (TPSA) is 71.2 Å². The fourth-order valence-corrected chi connectivity index (χ4v) is 1.57.